The first-order chi connectivity index (χ1) is 9.42. The molecule has 5 rings (SSSR count). The van der Waals surface area contributed by atoms with Crippen LogP contribution in [0.5, 0.6) is 0 Å². The lowest BCUT2D eigenvalue weighted by Crippen LogP contribution is -2.03. The maximum absolute atomic E-state index is 4.20. The van der Waals surface area contributed by atoms with Crippen molar-refractivity contribution in [3.63, 3.8) is 0 Å². The summed E-state index contributed by atoms with van der Waals surface area (Å²) in [6, 6.07) is 11.0. The number of fused-ring (bicyclic) bond motifs is 2. The molecule has 1 aliphatic carbocycles. The average molecular weight is 242 g/mol. The molecule has 1 aliphatic heterocycles. The van der Waals surface area contributed by atoms with Crippen molar-refractivity contribution in [1.82, 2.24) is 0 Å². The van der Waals surface area contributed by atoms with Crippen LogP contribution in [0.1, 0.15) is 11.1 Å². The monoisotopic (exact) mass is 242 g/mol. The van der Waals surface area contributed by atoms with E-state index in [0.29, 0.717) is 0 Å². The van der Waals surface area contributed by atoms with Crippen LogP contribution in [0.3, 0.4) is 0 Å². The third-order valence-electron chi connectivity index (χ3n) is 4.16. The summed E-state index contributed by atoms with van der Waals surface area (Å²) in [6.07, 6.45) is 7.37. The number of hydrogen-bond donors (Lipinski definition) is 0. The van der Waals surface area contributed by atoms with Gasteiger partial charge in [-0.3, -0.25) is 0 Å². The molecule has 88 valence electrons. The number of benzene rings is 3. The van der Waals surface area contributed by atoms with Gasteiger partial charge in [-0.05, 0) is 45.2 Å². The summed E-state index contributed by atoms with van der Waals surface area (Å²) in [4.78, 5) is 0. The molecule has 0 atom stereocenters. The fourth-order valence-electron chi connectivity index (χ4n) is 3.32. The Morgan fingerprint density at radius 3 is 3.00 bits per heavy atom. The zero-order valence-electron chi connectivity index (χ0n) is 10.2. The van der Waals surface area contributed by atoms with E-state index in [2.05, 4.69) is 52.7 Å². The van der Waals surface area contributed by atoms with Crippen molar-refractivity contribution >= 4 is 39.5 Å². The van der Waals surface area contributed by atoms with Crippen LogP contribution in [0.25, 0.3) is 33.8 Å². The average Bonchev–Trinajstić information content (AvgIpc) is 2.92. The van der Waals surface area contributed by atoms with Gasteiger partial charge in [0.15, 0.2) is 0 Å². The summed E-state index contributed by atoms with van der Waals surface area (Å²) in [5, 5.41) is 14.7. The van der Waals surface area contributed by atoms with Crippen molar-refractivity contribution in [2.45, 2.75) is 6.42 Å². The van der Waals surface area contributed by atoms with E-state index in [0.717, 1.165) is 17.3 Å². The van der Waals surface area contributed by atoms with Crippen LogP contribution in [0.2, 0.25) is 0 Å². The zero-order valence-corrected chi connectivity index (χ0v) is 10.2. The quantitative estimate of drug-likeness (QED) is 0.566. The molecule has 2 heteroatoms. The van der Waals surface area contributed by atoms with E-state index >= 15 is 0 Å². The van der Waals surface area contributed by atoms with E-state index in [-0.39, 0.29) is 0 Å². The highest BCUT2D eigenvalue weighted by atomic mass is 15.1. The Hall–Kier alpha value is -2.48. The van der Waals surface area contributed by atoms with Gasteiger partial charge in [0.05, 0.1) is 11.9 Å². The van der Waals surface area contributed by atoms with Crippen LogP contribution >= 0.6 is 0 Å². The van der Waals surface area contributed by atoms with Crippen LogP contribution in [-0.2, 0) is 6.42 Å². The van der Waals surface area contributed by atoms with Crippen LogP contribution in [-0.4, -0.2) is 0 Å². The van der Waals surface area contributed by atoms with Crippen molar-refractivity contribution in [2.24, 2.45) is 10.2 Å². The highest BCUT2D eigenvalue weighted by Crippen LogP contribution is 2.36. The van der Waals surface area contributed by atoms with Gasteiger partial charge < -0.3 is 0 Å². The molecule has 0 bridgehead atoms. The molecule has 3 aromatic carbocycles. The van der Waals surface area contributed by atoms with Crippen LogP contribution in [0.4, 0.5) is 5.69 Å². The molecule has 0 unspecified atom stereocenters. The first kappa shape index (κ1) is 9.45. The number of azo groups is 1. The second kappa shape index (κ2) is 3.09. The molecule has 0 spiro atoms. The van der Waals surface area contributed by atoms with Gasteiger partial charge in [-0.25, -0.2) is 0 Å². The molecule has 0 amide bonds. The van der Waals surface area contributed by atoms with Gasteiger partial charge in [-0.2, -0.15) is 10.2 Å². The summed E-state index contributed by atoms with van der Waals surface area (Å²) in [6.45, 7) is 0. The molecule has 0 radical (unpaired) electrons. The molecule has 19 heavy (non-hydrogen) atoms. The van der Waals surface area contributed by atoms with E-state index < -0.39 is 0 Å². The summed E-state index contributed by atoms with van der Waals surface area (Å²) >= 11 is 0. The van der Waals surface area contributed by atoms with E-state index in [9.17, 15) is 0 Å². The number of nitrogens with zero attached hydrogens (tertiary/aromatic N) is 2. The summed E-state index contributed by atoms with van der Waals surface area (Å²) in [5.41, 5.74) is 3.73. The molecule has 0 fully saturated rings. The Bertz CT molecular complexity index is 978. The predicted octanol–water partition coefficient (Wildman–Crippen LogP) is 4.12. The molecule has 0 N–H and O–H groups in total. The van der Waals surface area contributed by atoms with E-state index in [1.165, 1.54) is 32.7 Å². The Morgan fingerprint density at radius 2 is 2.00 bits per heavy atom. The SMILES string of the molecule is C1=Cc2ccc3cc4c(c5ccc(c2c35)C1)=CN=N4. The number of rotatable bonds is 0. The zero-order chi connectivity index (χ0) is 12.4. The van der Waals surface area contributed by atoms with Crippen LogP contribution in [0, 0.1) is 0 Å². The van der Waals surface area contributed by atoms with E-state index in [1.54, 1.807) is 0 Å². The van der Waals surface area contributed by atoms with E-state index in [4.69, 9.17) is 0 Å². The van der Waals surface area contributed by atoms with Crippen molar-refractivity contribution in [3.8, 4) is 0 Å². The topological polar surface area (TPSA) is 24.7 Å². The smallest absolute Gasteiger partial charge is 0.0957 e. The van der Waals surface area contributed by atoms with Crippen LogP contribution in [0.15, 0.2) is 46.6 Å². The standard InChI is InChI=1S/C17H10N2/c1-2-10-4-5-12-8-15-14(9-18-19-15)13-7-6-11(3-1)16(10)17(12)13/h1-2,4-9H,3H2. The van der Waals surface area contributed by atoms with Crippen molar-refractivity contribution < 1.29 is 0 Å². The Kier molecular flexibility index (Phi) is 1.54. The summed E-state index contributed by atoms with van der Waals surface area (Å²) in [7, 11) is 0. The Labute approximate surface area is 109 Å². The molecule has 0 saturated heterocycles. The van der Waals surface area contributed by atoms with Gasteiger partial charge in [0, 0.05) is 5.22 Å². The highest BCUT2D eigenvalue weighted by Gasteiger charge is 2.15. The molecular weight excluding hydrogens is 232 g/mol. The molecule has 2 nitrogen and oxygen atoms in total. The normalized spacial score (nSPS) is 15.2. The maximum atomic E-state index is 4.20. The molecular formula is C17H10N2. The molecule has 3 aromatic rings. The molecule has 0 saturated carbocycles. The third kappa shape index (κ3) is 1.07. The fraction of sp³-hybridized carbons (Fsp3) is 0.0588. The molecule has 1 heterocycles. The van der Waals surface area contributed by atoms with Gasteiger partial charge in [-0.15, -0.1) is 0 Å². The minimum Gasteiger partial charge on any atom is -0.158 e. The predicted molar refractivity (Wildman–Crippen MR) is 78.4 cm³/mol. The Morgan fingerprint density at radius 1 is 1.00 bits per heavy atom. The highest BCUT2D eigenvalue weighted by molar-refractivity contribution is 6.16. The second-order valence-electron chi connectivity index (χ2n) is 5.16. The first-order valence-electron chi connectivity index (χ1n) is 6.50. The summed E-state index contributed by atoms with van der Waals surface area (Å²) < 4.78 is 0. The third-order valence-corrected chi connectivity index (χ3v) is 4.16. The second-order valence-corrected chi connectivity index (χ2v) is 5.16. The van der Waals surface area contributed by atoms with Crippen LogP contribution < -0.4 is 5.22 Å². The van der Waals surface area contributed by atoms with Gasteiger partial charge >= 0.3 is 0 Å². The number of allylic oxidation sites excluding steroid dienone is 1. The lowest BCUT2D eigenvalue weighted by Gasteiger charge is -2.16. The Balaban J connectivity index is 2.17. The molecule has 2 aliphatic rings. The maximum Gasteiger partial charge on any atom is 0.0957 e. The molecule has 0 aromatic heterocycles. The first-order valence-corrected chi connectivity index (χ1v) is 6.50. The van der Waals surface area contributed by atoms with Gasteiger partial charge in [-0.1, -0.05) is 36.4 Å². The van der Waals surface area contributed by atoms with Gasteiger partial charge in [0.25, 0.3) is 0 Å². The van der Waals surface area contributed by atoms with Crippen molar-refractivity contribution in [2.75, 3.05) is 0 Å². The minimum atomic E-state index is 0.988. The largest absolute Gasteiger partial charge is 0.158 e. The lowest BCUT2D eigenvalue weighted by atomic mass is 9.88. The lowest BCUT2D eigenvalue weighted by molar-refractivity contribution is 1.29. The van der Waals surface area contributed by atoms with Gasteiger partial charge in [0.1, 0.15) is 0 Å². The van der Waals surface area contributed by atoms with E-state index in [1.807, 2.05) is 6.20 Å². The number of hydrogen-bond acceptors (Lipinski definition) is 2. The van der Waals surface area contributed by atoms with Crippen molar-refractivity contribution in [3.05, 3.63) is 52.8 Å². The summed E-state index contributed by atoms with van der Waals surface area (Å²) in [5.74, 6) is 0. The van der Waals surface area contributed by atoms with Crippen molar-refractivity contribution in [1.29, 1.82) is 0 Å². The fourth-order valence-corrected chi connectivity index (χ4v) is 3.32. The minimum absolute atomic E-state index is 0.988. The van der Waals surface area contributed by atoms with Gasteiger partial charge in [0.2, 0.25) is 0 Å².